The van der Waals surface area contributed by atoms with Crippen molar-refractivity contribution < 1.29 is 4.74 Å². The van der Waals surface area contributed by atoms with Crippen molar-refractivity contribution in [3.63, 3.8) is 0 Å². The van der Waals surface area contributed by atoms with Crippen LogP contribution < -0.4 is 4.90 Å². The first-order valence-corrected chi connectivity index (χ1v) is 7.90. The lowest BCUT2D eigenvalue weighted by atomic mass is 10.1. The SMILES string of the molecule is Cc1nnc2ccc(N3CCOC(c4ccccc4Cl)C3)nn12. The molecule has 1 atom stereocenters. The van der Waals surface area contributed by atoms with Gasteiger partial charge in [-0.25, -0.2) is 0 Å². The number of anilines is 1. The van der Waals surface area contributed by atoms with Crippen LogP contribution in [0, 0.1) is 6.92 Å². The van der Waals surface area contributed by atoms with Crippen molar-refractivity contribution in [3.05, 3.63) is 52.8 Å². The molecule has 23 heavy (non-hydrogen) atoms. The number of ether oxygens (including phenoxy) is 1. The van der Waals surface area contributed by atoms with Crippen molar-refractivity contribution in [1.82, 2.24) is 19.8 Å². The molecule has 0 radical (unpaired) electrons. The molecule has 0 spiro atoms. The van der Waals surface area contributed by atoms with Crippen LogP contribution in [0.2, 0.25) is 5.02 Å². The third-order valence-electron chi connectivity index (χ3n) is 4.05. The van der Waals surface area contributed by atoms with Gasteiger partial charge in [0.25, 0.3) is 0 Å². The molecule has 118 valence electrons. The fraction of sp³-hybridized carbons (Fsp3) is 0.312. The molecule has 6 nitrogen and oxygen atoms in total. The van der Waals surface area contributed by atoms with E-state index in [1.165, 1.54) is 0 Å². The summed E-state index contributed by atoms with van der Waals surface area (Å²) in [4.78, 5) is 2.20. The molecule has 1 aliphatic heterocycles. The van der Waals surface area contributed by atoms with Crippen LogP contribution in [0.4, 0.5) is 5.82 Å². The van der Waals surface area contributed by atoms with Crippen LogP contribution in [-0.2, 0) is 4.74 Å². The first-order valence-electron chi connectivity index (χ1n) is 7.52. The quantitative estimate of drug-likeness (QED) is 0.723. The Morgan fingerprint density at radius 2 is 2.04 bits per heavy atom. The summed E-state index contributed by atoms with van der Waals surface area (Å²) in [5, 5.41) is 13.5. The van der Waals surface area contributed by atoms with Crippen LogP contribution in [0.1, 0.15) is 17.5 Å². The van der Waals surface area contributed by atoms with Crippen molar-refractivity contribution in [2.45, 2.75) is 13.0 Å². The van der Waals surface area contributed by atoms with Crippen molar-refractivity contribution in [2.75, 3.05) is 24.6 Å². The highest BCUT2D eigenvalue weighted by atomic mass is 35.5. The monoisotopic (exact) mass is 329 g/mol. The van der Waals surface area contributed by atoms with Gasteiger partial charge in [0.15, 0.2) is 11.5 Å². The van der Waals surface area contributed by atoms with Crippen LogP contribution in [0.15, 0.2) is 36.4 Å². The molecule has 3 aromatic rings. The molecule has 1 unspecified atom stereocenters. The molecule has 1 saturated heterocycles. The maximum atomic E-state index is 6.30. The Morgan fingerprint density at radius 3 is 2.91 bits per heavy atom. The molecular weight excluding hydrogens is 314 g/mol. The van der Waals surface area contributed by atoms with E-state index in [2.05, 4.69) is 20.2 Å². The zero-order valence-electron chi connectivity index (χ0n) is 12.7. The number of aromatic nitrogens is 4. The maximum absolute atomic E-state index is 6.30. The zero-order chi connectivity index (χ0) is 15.8. The van der Waals surface area contributed by atoms with Gasteiger partial charge in [0.05, 0.1) is 6.61 Å². The van der Waals surface area contributed by atoms with Crippen molar-refractivity contribution in [1.29, 1.82) is 0 Å². The molecule has 1 fully saturated rings. The van der Waals surface area contributed by atoms with Gasteiger partial charge in [-0.05, 0) is 25.1 Å². The molecule has 3 heterocycles. The summed E-state index contributed by atoms with van der Waals surface area (Å²) in [6.07, 6.45) is -0.0584. The summed E-state index contributed by atoms with van der Waals surface area (Å²) in [7, 11) is 0. The van der Waals surface area contributed by atoms with Gasteiger partial charge in [-0.15, -0.1) is 15.3 Å². The van der Waals surface area contributed by atoms with E-state index >= 15 is 0 Å². The molecule has 0 saturated carbocycles. The Morgan fingerprint density at radius 1 is 1.17 bits per heavy atom. The number of fused-ring (bicyclic) bond motifs is 1. The molecule has 7 heteroatoms. The van der Waals surface area contributed by atoms with E-state index in [1.807, 2.05) is 43.3 Å². The third kappa shape index (κ3) is 2.64. The zero-order valence-corrected chi connectivity index (χ0v) is 13.4. The second-order valence-electron chi connectivity index (χ2n) is 5.54. The van der Waals surface area contributed by atoms with E-state index in [0.29, 0.717) is 13.2 Å². The van der Waals surface area contributed by atoms with E-state index < -0.39 is 0 Å². The normalized spacial score (nSPS) is 18.5. The van der Waals surface area contributed by atoms with Gasteiger partial charge in [0.1, 0.15) is 11.9 Å². The topological polar surface area (TPSA) is 55.5 Å². The predicted molar refractivity (Wildman–Crippen MR) is 87.9 cm³/mol. The highest BCUT2D eigenvalue weighted by Crippen LogP contribution is 2.29. The molecule has 0 amide bonds. The van der Waals surface area contributed by atoms with Crippen LogP contribution in [-0.4, -0.2) is 39.5 Å². The van der Waals surface area contributed by atoms with Gasteiger partial charge >= 0.3 is 0 Å². The summed E-state index contributed by atoms with van der Waals surface area (Å²) in [6.45, 7) is 4.03. The summed E-state index contributed by atoms with van der Waals surface area (Å²) in [5.41, 5.74) is 1.77. The second kappa shape index (κ2) is 5.79. The minimum absolute atomic E-state index is 0.0584. The number of morpholine rings is 1. The second-order valence-corrected chi connectivity index (χ2v) is 5.94. The molecule has 0 bridgehead atoms. The van der Waals surface area contributed by atoms with Gasteiger partial charge in [-0.1, -0.05) is 29.8 Å². The van der Waals surface area contributed by atoms with Gasteiger partial charge in [0, 0.05) is 23.7 Å². The van der Waals surface area contributed by atoms with Crippen LogP contribution in [0.25, 0.3) is 5.65 Å². The van der Waals surface area contributed by atoms with E-state index in [-0.39, 0.29) is 6.10 Å². The van der Waals surface area contributed by atoms with Gasteiger partial charge in [-0.2, -0.15) is 4.52 Å². The minimum Gasteiger partial charge on any atom is -0.370 e. The summed E-state index contributed by atoms with van der Waals surface area (Å²) < 4.78 is 7.67. The minimum atomic E-state index is -0.0584. The average Bonchev–Trinajstić information content (AvgIpc) is 2.96. The predicted octanol–water partition coefficient (Wildman–Crippen LogP) is 2.66. The summed E-state index contributed by atoms with van der Waals surface area (Å²) in [6, 6.07) is 11.7. The number of aryl methyl sites for hydroxylation is 1. The molecule has 0 N–H and O–H groups in total. The molecule has 1 aromatic carbocycles. The van der Waals surface area contributed by atoms with Gasteiger partial charge < -0.3 is 9.64 Å². The molecule has 4 rings (SSSR count). The Kier molecular flexibility index (Phi) is 3.63. The van der Waals surface area contributed by atoms with E-state index in [4.69, 9.17) is 16.3 Å². The lowest BCUT2D eigenvalue weighted by Crippen LogP contribution is -2.39. The smallest absolute Gasteiger partial charge is 0.178 e. The van der Waals surface area contributed by atoms with Crippen molar-refractivity contribution in [2.24, 2.45) is 0 Å². The first kappa shape index (κ1) is 14.4. The largest absolute Gasteiger partial charge is 0.370 e. The van der Waals surface area contributed by atoms with Gasteiger partial charge in [0.2, 0.25) is 0 Å². The van der Waals surface area contributed by atoms with Crippen LogP contribution in [0.5, 0.6) is 0 Å². The maximum Gasteiger partial charge on any atom is 0.178 e. The Bertz CT molecular complexity index is 849. The fourth-order valence-electron chi connectivity index (χ4n) is 2.84. The Hall–Kier alpha value is -2.18. The number of halogens is 1. The molecular formula is C16H16ClN5O. The lowest BCUT2D eigenvalue weighted by Gasteiger charge is -2.34. The van der Waals surface area contributed by atoms with Crippen molar-refractivity contribution >= 4 is 23.1 Å². The standard InChI is InChI=1S/C16H16ClN5O/c1-11-18-19-15-6-7-16(20-22(11)15)21-8-9-23-14(10-21)12-4-2-3-5-13(12)17/h2-7,14H,8-10H2,1H3. The highest BCUT2D eigenvalue weighted by Gasteiger charge is 2.24. The Balaban J connectivity index is 1.63. The Labute approximate surface area is 138 Å². The van der Waals surface area contributed by atoms with E-state index in [0.717, 1.165) is 34.4 Å². The first-order chi connectivity index (χ1) is 11.2. The summed E-state index contributed by atoms with van der Waals surface area (Å²) in [5.74, 6) is 1.67. The lowest BCUT2D eigenvalue weighted by molar-refractivity contribution is 0.0395. The fourth-order valence-corrected chi connectivity index (χ4v) is 3.09. The van der Waals surface area contributed by atoms with Crippen LogP contribution in [0.3, 0.4) is 0 Å². The van der Waals surface area contributed by atoms with Crippen molar-refractivity contribution in [3.8, 4) is 0 Å². The average molecular weight is 330 g/mol. The van der Waals surface area contributed by atoms with Crippen LogP contribution >= 0.6 is 11.6 Å². The summed E-state index contributed by atoms with van der Waals surface area (Å²) >= 11 is 6.30. The number of nitrogens with zero attached hydrogens (tertiary/aromatic N) is 5. The number of rotatable bonds is 2. The van der Waals surface area contributed by atoms with E-state index in [1.54, 1.807) is 4.52 Å². The highest BCUT2D eigenvalue weighted by molar-refractivity contribution is 6.31. The number of benzene rings is 1. The number of hydrogen-bond acceptors (Lipinski definition) is 5. The molecule has 2 aromatic heterocycles. The van der Waals surface area contributed by atoms with E-state index in [9.17, 15) is 0 Å². The third-order valence-corrected chi connectivity index (χ3v) is 4.39. The molecule has 0 aliphatic carbocycles. The molecule has 1 aliphatic rings. The van der Waals surface area contributed by atoms with Gasteiger partial charge in [-0.3, -0.25) is 0 Å². The number of hydrogen-bond donors (Lipinski definition) is 0.